The van der Waals surface area contributed by atoms with E-state index in [9.17, 15) is 17.6 Å². The highest BCUT2D eigenvalue weighted by Gasteiger charge is 2.36. The van der Waals surface area contributed by atoms with Crippen LogP contribution in [-0.2, 0) is 14.6 Å². The second-order valence-electron chi connectivity index (χ2n) is 7.94. The molecule has 0 aliphatic carbocycles. The van der Waals surface area contributed by atoms with Crippen molar-refractivity contribution in [3.05, 3.63) is 53.3 Å². The number of halogens is 1. The van der Waals surface area contributed by atoms with E-state index in [0.29, 0.717) is 4.88 Å². The number of amides is 1. The fraction of sp³-hybridized carbons (Fsp3) is 0.333. The lowest BCUT2D eigenvalue weighted by molar-refractivity contribution is 0.0338. The molecule has 0 spiro atoms. The molecule has 0 saturated carbocycles. The monoisotopic (exact) mass is 466 g/mol. The summed E-state index contributed by atoms with van der Waals surface area (Å²) in [6.45, 7) is 7.12. The molecule has 1 amide bonds. The molecule has 0 bridgehead atoms. The van der Waals surface area contributed by atoms with Crippen LogP contribution in [0.1, 0.15) is 37.5 Å². The van der Waals surface area contributed by atoms with Gasteiger partial charge < -0.3 is 14.5 Å². The Bertz CT molecular complexity index is 1210. The summed E-state index contributed by atoms with van der Waals surface area (Å²) >= 11 is 0.935. The topological polar surface area (TPSA) is 98.5 Å². The van der Waals surface area contributed by atoms with Crippen molar-refractivity contribution in [1.29, 1.82) is 0 Å². The highest BCUT2D eigenvalue weighted by Crippen LogP contribution is 2.46. The minimum absolute atomic E-state index is 0.00835. The molecule has 0 aliphatic heterocycles. The number of hydrogen-bond donors (Lipinski definition) is 1. The fourth-order valence-electron chi connectivity index (χ4n) is 3.08. The standard InChI is InChI=1S/C21H23FN2O5S2/c1-12-16(8-10-28-12)31(26,27)19-14(13-7-6-9-24-18(13)22)11-15(30-19)17(21(2,3)4)29-20(25)23-5/h6-11,17H,1-5H3,(H,23,25). The molecule has 0 radical (unpaired) electrons. The predicted octanol–water partition coefficient (Wildman–Crippen LogP) is 5.13. The van der Waals surface area contributed by atoms with E-state index in [0.717, 1.165) is 11.3 Å². The van der Waals surface area contributed by atoms with Crippen molar-refractivity contribution in [3.63, 3.8) is 0 Å². The van der Waals surface area contributed by atoms with Gasteiger partial charge in [0.15, 0.2) is 0 Å². The Labute approximate surface area is 184 Å². The number of aromatic nitrogens is 1. The van der Waals surface area contributed by atoms with Crippen LogP contribution in [0.4, 0.5) is 9.18 Å². The van der Waals surface area contributed by atoms with E-state index >= 15 is 0 Å². The number of nitrogens with zero attached hydrogens (tertiary/aromatic N) is 1. The van der Waals surface area contributed by atoms with Crippen molar-refractivity contribution < 1.29 is 26.8 Å². The molecule has 0 saturated heterocycles. The van der Waals surface area contributed by atoms with Crippen LogP contribution < -0.4 is 5.32 Å². The van der Waals surface area contributed by atoms with E-state index < -0.39 is 33.4 Å². The number of alkyl carbamates (subject to hydrolysis) is 1. The van der Waals surface area contributed by atoms with Crippen LogP contribution in [0.3, 0.4) is 0 Å². The van der Waals surface area contributed by atoms with Gasteiger partial charge in [0.2, 0.25) is 15.8 Å². The largest absolute Gasteiger partial charge is 0.468 e. The van der Waals surface area contributed by atoms with Gasteiger partial charge in [-0.25, -0.2) is 18.2 Å². The maximum atomic E-state index is 14.6. The first-order valence-corrected chi connectivity index (χ1v) is 11.7. The SMILES string of the molecule is CNC(=O)OC(c1cc(-c2cccnc2F)c(S(=O)(=O)c2ccoc2C)s1)C(C)(C)C. The summed E-state index contributed by atoms with van der Waals surface area (Å²) in [5.41, 5.74) is -0.368. The number of pyridine rings is 1. The summed E-state index contributed by atoms with van der Waals surface area (Å²) in [7, 11) is -2.60. The van der Waals surface area contributed by atoms with Crippen LogP contribution >= 0.6 is 11.3 Å². The highest BCUT2D eigenvalue weighted by atomic mass is 32.2. The number of hydrogen-bond acceptors (Lipinski definition) is 7. The molecule has 1 unspecified atom stereocenters. The minimum Gasteiger partial charge on any atom is -0.468 e. The number of ether oxygens (including phenoxy) is 1. The Morgan fingerprint density at radius 3 is 2.55 bits per heavy atom. The Balaban J connectivity index is 2.27. The van der Waals surface area contributed by atoms with Crippen molar-refractivity contribution in [2.45, 2.75) is 42.9 Å². The highest BCUT2D eigenvalue weighted by molar-refractivity contribution is 7.93. The van der Waals surface area contributed by atoms with Crippen LogP contribution in [0.5, 0.6) is 0 Å². The van der Waals surface area contributed by atoms with Gasteiger partial charge in [-0.05, 0) is 31.2 Å². The molecule has 0 aromatic carbocycles. The lowest BCUT2D eigenvalue weighted by Gasteiger charge is -2.29. The molecular formula is C21H23FN2O5S2. The van der Waals surface area contributed by atoms with Gasteiger partial charge in [0, 0.05) is 34.7 Å². The third-order valence-corrected chi connectivity index (χ3v) is 8.18. The van der Waals surface area contributed by atoms with E-state index in [1.165, 1.54) is 37.7 Å². The van der Waals surface area contributed by atoms with Crippen molar-refractivity contribution in [2.75, 3.05) is 7.05 Å². The van der Waals surface area contributed by atoms with Crippen LogP contribution in [0.25, 0.3) is 11.1 Å². The first kappa shape index (κ1) is 23.0. The van der Waals surface area contributed by atoms with Crippen molar-refractivity contribution in [3.8, 4) is 11.1 Å². The molecule has 0 aliphatic rings. The Morgan fingerprint density at radius 1 is 1.29 bits per heavy atom. The Kier molecular flexibility index (Phi) is 6.24. The lowest BCUT2D eigenvalue weighted by Crippen LogP contribution is -2.28. The summed E-state index contributed by atoms with van der Waals surface area (Å²) in [5, 5.41) is 2.40. The summed E-state index contributed by atoms with van der Waals surface area (Å²) < 4.78 is 52.2. The maximum absolute atomic E-state index is 14.6. The van der Waals surface area contributed by atoms with Crippen molar-refractivity contribution in [1.82, 2.24) is 10.3 Å². The average molecular weight is 467 g/mol. The molecular weight excluding hydrogens is 443 g/mol. The molecule has 3 rings (SSSR count). The van der Waals surface area contributed by atoms with E-state index in [2.05, 4.69) is 10.3 Å². The van der Waals surface area contributed by atoms with Gasteiger partial charge in [-0.2, -0.15) is 4.39 Å². The van der Waals surface area contributed by atoms with E-state index in [-0.39, 0.29) is 26.0 Å². The minimum atomic E-state index is -4.04. The molecule has 3 heterocycles. The molecule has 1 N–H and O–H groups in total. The second kappa shape index (κ2) is 8.43. The van der Waals surface area contributed by atoms with Gasteiger partial charge in [-0.1, -0.05) is 20.8 Å². The second-order valence-corrected chi connectivity index (χ2v) is 11.1. The summed E-state index contributed by atoms with van der Waals surface area (Å²) in [5.74, 6) is -0.576. The third-order valence-electron chi connectivity index (χ3n) is 4.59. The van der Waals surface area contributed by atoms with Crippen LogP contribution in [-0.4, -0.2) is 26.5 Å². The number of furan rings is 1. The maximum Gasteiger partial charge on any atom is 0.407 e. The number of aryl methyl sites for hydroxylation is 1. The first-order valence-electron chi connectivity index (χ1n) is 9.39. The van der Waals surface area contributed by atoms with Crippen LogP contribution in [0.2, 0.25) is 0 Å². The lowest BCUT2D eigenvalue weighted by atomic mass is 9.87. The molecule has 0 fully saturated rings. The number of carbonyl (C=O) groups excluding carboxylic acids is 1. The number of sulfone groups is 1. The molecule has 31 heavy (non-hydrogen) atoms. The van der Waals surface area contributed by atoms with Crippen LogP contribution in [0.15, 0.2) is 50.2 Å². The van der Waals surface area contributed by atoms with E-state index in [1.807, 2.05) is 20.8 Å². The van der Waals surface area contributed by atoms with Gasteiger partial charge in [0.1, 0.15) is 21.0 Å². The number of rotatable bonds is 5. The molecule has 10 heteroatoms. The van der Waals surface area contributed by atoms with Gasteiger partial charge in [-0.15, -0.1) is 11.3 Å². The summed E-state index contributed by atoms with van der Waals surface area (Å²) in [4.78, 5) is 16.1. The molecule has 7 nitrogen and oxygen atoms in total. The first-order chi connectivity index (χ1) is 14.5. The van der Waals surface area contributed by atoms with Crippen molar-refractivity contribution >= 4 is 27.3 Å². The smallest absolute Gasteiger partial charge is 0.407 e. The number of nitrogens with one attached hydrogen (secondary N) is 1. The van der Waals surface area contributed by atoms with E-state index in [4.69, 9.17) is 9.15 Å². The molecule has 166 valence electrons. The fourth-order valence-corrected chi connectivity index (χ4v) is 6.57. The molecule has 3 aromatic rings. The van der Waals surface area contributed by atoms with Gasteiger partial charge in [0.05, 0.1) is 6.26 Å². The third kappa shape index (κ3) is 4.49. The van der Waals surface area contributed by atoms with Crippen LogP contribution in [0, 0.1) is 18.3 Å². The Hall–Kier alpha value is -2.72. The summed E-state index contributed by atoms with van der Waals surface area (Å²) in [6, 6.07) is 5.89. The molecule has 1 atom stereocenters. The van der Waals surface area contributed by atoms with Gasteiger partial charge in [0.25, 0.3) is 0 Å². The van der Waals surface area contributed by atoms with Crippen molar-refractivity contribution in [2.24, 2.45) is 5.41 Å². The van der Waals surface area contributed by atoms with Gasteiger partial charge >= 0.3 is 6.09 Å². The quantitative estimate of drug-likeness (QED) is 0.524. The van der Waals surface area contributed by atoms with Gasteiger partial charge in [-0.3, -0.25) is 0 Å². The van der Waals surface area contributed by atoms with E-state index in [1.54, 1.807) is 13.0 Å². The normalized spacial score (nSPS) is 13.1. The number of carbonyl (C=O) groups is 1. The number of thiophene rings is 1. The average Bonchev–Trinajstić information content (AvgIpc) is 3.32. The zero-order valence-corrected chi connectivity index (χ0v) is 19.4. The zero-order chi connectivity index (χ0) is 23.0. The molecule has 3 aromatic heterocycles. The Morgan fingerprint density at radius 2 is 2.00 bits per heavy atom. The zero-order valence-electron chi connectivity index (χ0n) is 17.7. The predicted molar refractivity (Wildman–Crippen MR) is 114 cm³/mol. The summed E-state index contributed by atoms with van der Waals surface area (Å²) in [6.07, 6.45) is 1.14.